The first-order valence-corrected chi connectivity index (χ1v) is 52.6. The Labute approximate surface area is 823 Å². The van der Waals surface area contributed by atoms with Crippen molar-refractivity contribution in [2.24, 2.45) is 0 Å². The molecule has 18 nitrogen and oxygen atoms in total. The third-order valence-corrected chi connectivity index (χ3v) is 28.7. The number of benzene rings is 5. The number of pyridine rings is 5. The second kappa shape index (κ2) is 55.8. The van der Waals surface area contributed by atoms with E-state index in [2.05, 4.69) is 289 Å². The molecule has 0 unspecified atom stereocenters. The standard InChI is InChI=1S/C26H39N5.C24H34N4.C23H33N3.2C22H30FN3/c1-3-4-5-13-30(19-23-10-9-21(2)17-28-23)20-24-16-25-22(18-29-24)7-6-8-26(25)31-14-11-27-12-15-31;1-18-12-19(2)23(26-14-18)17-27(3)16-21-13-22-20(15-25-21)8-7-9-24(22)28-10-5-4-6-11-28;1-4-5-8-11-26(17-23-19(3)12-18(2)14-25-23)16-22-13-20-9-6-7-10-21(20)15-24-22;1-3-4-7-10-26(16-22-17(2)11-20(23)14-25-22)15-21-12-18-8-5-6-9-19(18)13-24-21;1-3-4-7-10-26(16-22-21(23)11-17(2)13-25-22)15-20-12-18-8-5-6-9-19(18)14-24-20/h6-10,17,24,27,29H,3-5,11-16,18-20H2,1-2H3;7-9,12,14,21,25H,4-6,10-11,13,15-17H2,1-3H3;6-7,9-10,12,14,22,24H,4-5,8,11,13,15-17H2,1-3H3;5-6,8-9,11,14,21,24H,3-4,7,10,12-13,15-16H2,1-2H3;5-6,8-9,11,13,20,24H,3-4,7,10,12,14-16H2,1-2H3/t24-;21-;22-;21-;20-/m11111/s1. The molecule has 6 N–H and O–H groups in total. The average molecular weight is 1860 g/mol. The normalized spacial score (nSPS) is 17.8. The van der Waals surface area contributed by atoms with E-state index in [1.807, 2.05) is 32.4 Å². The van der Waals surface area contributed by atoms with Crippen LogP contribution in [0, 0.1) is 60.1 Å². The molecule has 0 aliphatic carbocycles. The van der Waals surface area contributed by atoms with Crippen LogP contribution in [-0.2, 0) is 97.6 Å². The second-order valence-electron chi connectivity index (χ2n) is 40.5. The Morgan fingerprint density at radius 2 is 0.686 bits per heavy atom. The fourth-order valence-electron chi connectivity index (χ4n) is 20.9. The first-order chi connectivity index (χ1) is 66.8. The quantitative estimate of drug-likeness (QED) is 0.0203. The van der Waals surface area contributed by atoms with Gasteiger partial charge in [0.1, 0.15) is 11.6 Å². The zero-order chi connectivity index (χ0) is 96.0. The summed E-state index contributed by atoms with van der Waals surface area (Å²) in [6, 6.07) is 54.3. The van der Waals surface area contributed by atoms with E-state index in [0.29, 0.717) is 42.4 Å². The Hall–Kier alpha value is -9.13. The molecule has 137 heavy (non-hydrogen) atoms. The van der Waals surface area contributed by atoms with E-state index in [0.717, 1.165) is 199 Å². The number of nitrogens with zero attached hydrogens (tertiary/aromatic N) is 12. The first-order valence-electron chi connectivity index (χ1n) is 52.6. The molecule has 7 aliphatic rings. The van der Waals surface area contributed by atoms with Crippen LogP contribution in [0.1, 0.15) is 247 Å². The van der Waals surface area contributed by atoms with Crippen LogP contribution < -0.4 is 41.7 Å². The SMILES string of the molecule is CCCCCN(Cc1ccc(C)cn1)C[C@H]1Cc2c(cccc2N2CCNCC2)CN1.CCCCCN(Cc1ncc(C)cc1C)C[C@H]1Cc2ccccc2CN1.CCCCCN(Cc1ncc(C)cc1F)C[C@H]1Cc2ccccc2CN1.CCCCCN(Cc1ncc(F)cc1C)C[C@H]1Cc2ccccc2CN1.Cc1cnc(CN(C)C[C@H]2Cc3c(cccc3N3CCCCC3)CN2)c(C)c1. The molecular formula is C117H166F2N18. The summed E-state index contributed by atoms with van der Waals surface area (Å²) >= 11 is 0. The van der Waals surface area contributed by atoms with Gasteiger partial charge in [0.25, 0.3) is 0 Å². The Morgan fingerprint density at radius 1 is 0.328 bits per heavy atom. The summed E-state index contributed by atoms with van der Waals surface area (Å²) < 4.78 is 27.6. The predicted molar refractivity (Wildman–Crippen MR) is 565 cm³/mol. The maximum absolute atomic E-state index is 14.3. The molecule has 2 saturated heterocycles. The summed E-state index contributed by atoms with van der Waals surface area (Å²) in [6.45, 7) is 48.8. The van der Waals surface area contributed by atoms with Gasteiger partial charge in [-0.1, -0.05) is 194 Å². The minimum atomic E-state index is -0.255. The lowest BCUT2D eigenvalue weighted by Gasteiger charge is -2.36. The minimum Gasteiger partial charge on any atom is -0.371 e. The summed E-state index contributed by atoms with van der Waals surface area (Å²) in [5, 5.41) is 22.2. The smallest absolute Gasteiger partial charge is 0.146 e. The lowest BCUT2D eigenvalue weighted by Crippen LogP contribution is -2.47. The van der Waals surface area contributed by atoms with Crippen LogP contribution in [0.5, 0.6) is 0 Å². The number of nitrogens with one attached hydrogen (secondary N) is 6. The van der Waals surface area contributed by atoms with Gasteiger partial charge in [0.05, 0.1) is 34.7 Å². The van der Waals surface area contributed by atoms with Gasteiger partial charge in [-0.15, -0.1) is 0 Å². The fourth-order valence-corrected chi connectivity index (χ4v) is 20.9. The Balaban J connectivity index is 0.000000145. The van der Waals surface area contributed by atoms with Crippen molar-refractivity contribution < 1.29 is 8.78 Å². The van der Waals surface area contributed by atoms with Crippen molar-refractivity contribution in [1.82, 2.24) is 81.3 Å². The van der Waals surface area contributed by atoms with Crippen molar-refractivity contribution in [3.05, 3.63) is 311 Å². The van der Waals surface area contributed by atoms with E-state index in [9.17, 15) is 8.78 Å². The molecule has 5 atom stereocenters. The minimum absolute atomic E-state index is 0.188. The van der Waals surface area contributed by atoms with Gasteiger partial charge in [0, 0.05) is 204 Å². The molecule has 738 valence electrons. The number of fused-ring (bicyclic) bond motifs is 5. The van der Waals surface area contributed by atoms with Crippen molar-refractivity contribution in [3.63, 3.8) is 0 Å². The van der Waals surface area contributed by atoms with Gasteiger partial charge in [0.15, 0.2) is 0 Å². The zero-order valence-corrected chi connectivity index (χ0v) is 85.6. The zero-order valence-electron chi connectivity index (χ0n) is 85.6. The third kappa shape index (κ3) is 33.5. The highest BCUT2D eigenvalue weighted by molar-refractivity contribution is 5.60. The van der Waals surface area contributed by atoms with Crippen LogP contribution in [0.4, 0.5) is 20.2 Å². The number of aryl methyl sites for hydroxylation is 7. The van der Waals surface area contributed by atoms with Gasteiger partial charge in [-0.3, -0.25) is 49.4 Å². The van der Waals surface area contributed by atoms with E-state index in [1.165, 1.54) is 210 Å². The molecule has 12 heterocycles. The molecule has 0 bridgehead atoms. The largest absolute Gasteiger partial charge is 0.371 e. The molecule has 0 amide bonds. The molecule has 10 aromatic rings. The van der Waals surface area contributed by atoms with Gasteiger partial charge in [0.2, 0.25) is 0 Å². The highest BCUT2D eigenvalue weighted by Crippen LogP contribution is 2.34. The number of hydrogen-bond donors (Lipinski definition) is 6. The summed E-state index contributed by atoms with van der Waals surface area (Å²) in [7, 11) is 2.22. The Bertz CT molecular complexity index is 4970. The van der Waals surface area contributed by atoms with Gasteiger partial charge < -0.3 is 41.7 Å². The molecule has 0 saturated carbocycles. The van der Waals surface area contributed by atoms with Crippen LogP contribution in [0.2, 0.25) is 0 Å². The number of aromatic nitrogens is 5. The summed E-state index contributed by atoms with van der Waals surface area (Å²) in [5.41, 5.74) is 31.0. The van der Waals surface area contributed by atoms with Gasteiger partial charge in [-0.25, -0.2) is 8.78 Å². The second-order valence-corrected chi connectivity index (χ2v) is 40.5. The van der Waals surface area contributed by atoms with E-state index in [-0.39, 0.29) is 11.6 Å². The van der Waals surface area contributed by atoms with E-state index < -0.39 is 0 Å². The molecule has 5 aromatic carbocycles. The molecule has 2 fully saturated rings. The highest BCUT2D eigenvalue weighted by atomic mass is 19.1. The number of rotatable bonds is 38. The first kappa shape index (κ1) is 105. The summed E-state index contributed by atoms with van der Waals surface area (Å²) in [5.74, 6) is -0.443. The van der Waals surface area contributed by atoms with Gasteiger partial charge in [-0.2, -0.15) is 0 Å². The maximum Gasteiger partial charge on any atom is 0.146 e. The number of halogens is 2. The molecule has 7 aliphatic heterocycles. The lowest BCUT2D eigenvalue weighted by molar-refractivity contribution is 0.219. The van der Waals surface area contributed by atoms with Crippen LogP contribution in [0.15, 0.2) is 177 Å². The molecular weight excluding hydrogens is 1700 g/mol. The predicted octanol–water partition coefficient (Wildman–Crippen LogP) is 20.2. The fraction of sp³-hybridized carbons (Fsp3) is 0.530. The molecule has 20 heteroatoms. The van der Waals surface area contributed by atoms with Crippen molar-refractivity contribution in [2.75, 3.05) is 115 Å². The van der Waals surface area contributed by atoms with Gasteiger partial charge >= 0.3 is 0 Å². The molecule has 0 spiro atoms. The van der Waals surface area contributed by atoms with Crippen molar-refractivity contribution in [3.8, 4) is 0 Å². The van der Waals surface area contributed by atoms with Gasteiger partial charge in [-0.05, 0) is 284 Å². The number of anilines is 2. The highest BCUT2D eigenvalue weighted by Gasteiger charge is 2.30. The van der Waals surface area contributed by atoms with Crippen molar-refractivity contribution in [1.29, 1.82) is 0 Å². The summed E-state index contributed by atoms with van der Waals surface area (Å²) in [6.07, 6.45) is 33.4. The van der Waals surface area contributed by atoms with E-state index >= 15 is 0 Å². The number of hydrogen-bond acceptors (Lipinski definition) is 18. The van der Waals surface area contributed by atoms with E-state index in [1.54, 1.807) is 29.5 Å². The maximum atomic E-state index is 14.3. The van der Waals surface area contributed by atoms with Crippen molar-refractivity contribution >= 4 is 11.4 Å². The van der Waals surface area contributed by atoms with Crippen molar-refractivity contribution in [2.45, 2.75) is 300 Å². The molecule has 0 radical (unpaired) electrons. The Kier molecular flexibility index (Phi) is 42.8. The van der Waals surface area contributed by atoms with E-state index in [4.69, 9.17) is 4.98 Å². The van der Waals surface area contributed by atoms with Crippen LogP contribution in [-0.4, -0.2) is 185 Å². The topological polar surface area (TPSA) is 159 Å². The van der Waals surface area contributed by atoms with Crippen LogP contribution in [0.3, 0.4) is 0 Å². The average Bonchev–Trinajstić information content (AvgIpc) is 0.796. The number of piperazine rings is 1. The Morgan fingerprint density at radius 3 is 1.10 bits per heavy atom. The number of likely N-dealkylation sites (N-methyl/N-ethyl adjacent to an activating group) is 1. The third-order valence-electron chi connectivity index (χ3n) is 28.7. The monoisotopic (exact) mass is 1860 g/mol. The number of unbranched alkanes of at least 4 members (excludes halogenated alkanes) is 8. The lowest BCUT2D eigenvalue weighted by atomic mass is 9.92. The van der Waals surface area contributed by atoms with Crippen LogP contribution in [0.25, 0.3) is 0 Å². The number of piperidine rings is 1. The molecule has 5 aromatic heterocycles. The summed E-state index contributed by atoms with van der Waals surface area (Å²) in [4.78, 5) is 40.4. The molecule has 17 rings (SSSR count). The van der Waals surface area contributed by atoms with Crippen LogP contribution >= 0.6 is 0 Å².